The lowest BCUT2D eigenvalue weighted by atomic mass is 10.0. The standard InChI is InChI=1S/C13H18Cl2N2O3S/c1-8-9(2-3-20-8)7-17-21(18,19)12-5-11(14)4-10(6-16)13(12)15/h4-5,8-9,17H,2-3,6-7,16H2,1H3. The van der Waals surface area contributed by atoms with E-state index in [0.717, 1.165) is 6.42 Å². The zero-order chi connectivity index (χ0) is 15.6. The van der Waals surface area contributed by atoms with Crippen LogP contribution in [-0.2, 0) is 21.3 Å². The van der Waals surface area contributed by atoms with Gasteiger partial charge in [0.2, 0.25) is 10.0 Å². The molecule has 1 saturated heterocycles. The van der Waals surface area contributed by atoms with E-state index >= 15 is 0 Å². The second-order valence-electron chi connectivity index (χ2n) is 5.06. The normalized spacial score (nSPS) is 22.7. The number of benzene rings is 1. The first-order chi connectivity index (χ1) is 9.85. The van der Waals surface area contributed by atoms with Crippen LogP contribution in [0, 0.1) is 5.92 Å². The van der Waals surface area contributed by atoms with Crippen molar-refractivity contribution in [1.29, 1.82) is 0 Å². The van der Waals surface area contributed by atoms with Crippen molar-refractivity contribution in [2.24, 2.45) is 11.7 Å². The maximum atomic E-state index is 12.4. The van der Waals surface area contributed by atoms with E-state index in [1.807, 2.05) is 6.92 Å². The van der Waals surface area contributed by atoms with Gasteiger partial charge in [0.05, 0.1) is 11.1 Å². The van der Waals surface area contributed by atoms with E-state index in [0.29, 0.717) is 18.7 Å². The lowest BCUT2D eigenvalue weighted by Gasteiger charge is -2.16. The highest BCUT2D eigenvalue weighted by Gasteiger charge is 2.27. The molecule has 21 heavy (non-hydrogen) atoms. The number of hydrogen-bond donors (Lipinski definition) is 2. The van der Waals surface area contributed by atoms with Gasteiger partial charge in [-0.05, 0) is 31.0 Å². The molecule has 1 aromatic carbocycles. The van der Waals surface area contributed by atoms with Gasteiger partial charge >= 0.3 is 0 Å². The van der Waals surface area contributed by atoms with Crippen molar-refractivity contribution in [3.63, 3.8) is 0 Å². The Kier molecular flexibility index (Phi) is 5.51. The lowest BCUT2D eigenvalue weighted by molar-refractivity contribution is 0.107. The zero-order valence-electron chi connectivity index (χ0n) is 11.6. The van der Waals surface area contributed by atoms with Crippen LogP contribution in [-0.4, -0.2) is 27.7 Å². The lowest BCUT2D eigenvalue weighted by Crippen LogP contribution is -2.32. The summed E-state index contributed by atoms with van der Waals surface area (Å²) in [7, 11) is -3.73. The van der Waals surface area contributed by atoms with E-state index in [4.69, 9.17) is 33.7 Å². The van der Waals surface area contributed by atoms with Crippen LogP contribution in [0.1, 0.15) is 18.9 Å². The molecule has 0 spiro atoms. The molecule has 8 heteroatoms. The van der Waals surface area contributed by atoms with Crippen molar-refractivity contribution in [2.75, 3.05) is 13.2 Å². The van der Waals surface area contributed by atoms with E-state index < -0.39 is 10.0 Å². The Morgan fingerprint density at radius 2 is 2.14 bits per heavy atom. The van der Waals surface area contributed by atoms with Gasteiger partial charge in [0.15, 0.2) is 0 Å². The molecule has 0 radical (unpaired) electrons. The van der Waals surface area contributed by atoms with Crippen LogP contribution in [0.3, 0.4) is 0 Å². The Bertz CT molecular complexity index is 622. The van der Waals surface area contributed by atoms with E-state index in [9.17, 15) is 8.42 Å². The summed E-state index contributed by atoms with van der Waals surface area (Å²) < 4.78 is 32.8. The summed E-state index contributed by atoms with van der Waals surface area (Å²) in [6.45, 7) is 3.02. The van der Waals surface area contributed by atoms with E-state index in [1.165, 1.54) is 6.07 Å². The Hall–Kier alpha value is -0.370. The summed E-state index contributed by atoms with van der Waals surface area (Å²) in [6.07, 6.45) is 0.878. The van der Waals surface area contributed by atoms with Crippen molar-refractivity contribution in [3.05, 3.63) is 27.7 Å². The van der Waals surface area contributed by atoms with Crippen LogP contribution in [0.2, 0.25) is 10.0 Å². The SMILES string of the molecule is CC1OCCC1CNS(=O)(=O)c1cc(Cl)cc(CN)c1Cl. The minimum atomic E-state index is -3.73. The fraction of sp³-hybridized carbons (Fsp3) is 0.538. The number of halogens is 2. The molecule has 0 saturated carbocycles. The van der Waals surface area contributed by atoms with Crippen LogP contribution in [0.15, 0.2) is 17.0 Å². The molecule has 1 heterocycles. The maximum absolute atomic E-state index is 12.4. The van der Waals surface area contributed by atoms with Crippen LogP contribution in [0.5, 0.6) is 0 Å². The Balaban J connectivity index is 2.21. The quantitative estimate of drug-likeness (QED) is 0.850. The number of ether oxygens (including phenoxy) is 1. The van der Waals surface area contributed by atoms with Gasteiger partial charge in [0.1, 0.15) is 4.90 Å². The number of hydrogen-bond acceptors (Lipinski definition) is 4. The average Bonchev–Trinajstić information content (AvgIpc) is 2.84. The van der Waals surface area contributed by atoms with Crippen LogP contribution >= 0.6 is 23.2 Å². The Morgan fingerprint density at radius 3 is 2.71 bits per heavy atom. The number of sulfonamides is 1. The van der Waals surface area contributed by atoms with Gasteiger partial charge in [-0.2, -0.15) is 0 Å². The molecule has 0 aromatic heterocycles. The number of nitrogens with two attached hydrogens (primary N) is 1. The minimum Gasteiger partial charge on any atom is -0.378 e. The first-order valence-electron chi connectivity index (χ1n) is 6.64. The van der Waals surface area contributed by atoms with Gasteiger partial charge in [-0.1, -0.05) is 23.2 Å². The predicted octanol–water partition coefficient (Wildman–Crippen LogP) is 2.16. The van der Waals surface area contributed by atoms with Gasteiger partial charge in [-0.15, -0.1) is 0 Å². The predicted molar refractivity (Wildman–Crippen MR) is 83.1 cm³/mol. The van der Waals surface area contributed by atoms with Crippen molar-refractivity contribution >= 4 is 33.2 Å². The van der Waals surface area contributed by atoms with Gasteiger partial charge in [0.25, 0.3) is 0 Å². The second kappa shape index (κ2) is 6.81. The van der Waals surface area contributed by atoms with Crippen molar-refractivity contribution in [1.82, 2.24) is 4.72 Å². The largest absolute Gasteiger partial charge is 0.378 e. The molecule has 1 fully saturated rings. The molecule has 2 unspecified atom stereocenters. The first-order valence-corrected chi connectivity index (χ1v) is 8.88. The molecule has 2 atom stereocenters. The summed E-state index contributed by atoms with van der Waals surface area (Å²) in [6, 6.07) is 2.90. The molecule has 3 N–H and O–H groups in total. The molecular weight excluding hydrogens is 335 g/mol. The Labute approximate surface area is 134 Å². The smallest absolute Gasteiger partial charge is 0.242 e. The van der Waals surface area contributed by atoms with Gasteiger partial charge in [0, 0.05) is 30.6 Å². The van der Waals surface area contributed by atoms with Crippen molar-refractivity contribution in [3.8, 4) is 0 Å². The highest BCUT2D eigenvalue weighted by Crippen LogP contribution is 2.29. The molecule has 5 nitrogen and oxygen atoms in total. The molecule has 118 valence electrons. The third-order valence-corrected chi connectivity index (χ3v) is 5.88. The summed E-state index contributed by atoms with van der Waals surface area (Å²) in [5.74, 6) is 0.159. The summed E-state index contributed by atoms with van der Waals surface area (Å²) in [5.41, 5.74) is 6.05. The molecule has 0 bridgehead atoms. The second-order valence-corrected chi connectivity index (χ2v) is 7.61. The summed E-state index contributed by atoms with van der Waals surface area (Å²) >= 11 is 12.0. The van der Waals surface area contributed by atoms with Crippen LogP contribution < -0.4 is 10.5 Å². The molecule has 1 aromatic rings. The maximum Gasteiger partial charge on any atom is 0.242 e. The highest BCUT2D eigenvalue weighted by molar-refractivity contribution is 7.89. The fourth-order valence-electron chi connectivity index (χ4n) is 2.30. The first kappa shape index (κ1) is 17.0. The van der Waals surface area contributed by atoms with Gasteiger partial charge < -0.3 is 10.5 Å². The molecule has 1 aliphatic rings. The monoisotopic (exact) mass is 352 g/mol. The van der Waals surface area contributed by atoms with Crippen LogP contribution in [0.25, 0.3) is 0 Å². The third-order valence-electron chi connectivity index (χ3n) is 3.66. The summed E-state index contributed by atoms with van der Waals surface area (Å²) in [5, 5.41) is 0.405. The molecule has 1 aliphatic heterocycles. The molecule has 0 amide bonds. The number of rotatable bonds is 5. The Morgan fingerprint density at radius 1 is 1.43 bits per heavy atom. The highest BCUT2D eigenvalue weighted by atomic mass is 35.5. The van der Waals surface area contributed by atoms with Crippen molar-refractivity contribution < 1.29 is 13.2 Å². The van der Waals surface area contributed by atoms with Crippen LogP contribution in [0.4, 0.5) is 0 Å². The number of nitrogens with one attached hydrogen (secondary N) is 1. The molecule has 2 rings (SSSR count). The minimum absolute atomic E-state index is 0.0383. The van der Waals surface area contributed by atoms with E-state index in [1.54, 1.807) is 6.07 Å². The average molecular weight is 353 g/mol. The van der Waals surface area contributed by atoms with E-state index in [2.05, 4.69) is 4.72 Å². The molecular formula is C13H18Cl2N2O3S. The van der Waals surface area contributed by atoms with E-state index in [-0.39, 0.29) is 33.5 Å². The topological polar surface area (TPSA) is 81.4 Å². The summed E-state index contributed by atoms with van der Waals surface area (Å²) in [4.78, 5) is -0.0383. The van der Waals surface area contributed by atoms with Gasteiger partial charge in [-0.25, -0.2) is 13.1 Å². The third kappa shape index (κ3) is 3.88. The van der Waals surface area contributed by atoms with Gasteiger partial charge in [-0.3, -0.25) is 0 Å². The van der Waals surface area contributed by atoms with Crippen molar-refractivity contribution in [2.45, 2.75) is 30.9 Å². The fourth-order valence-corrected chi connectivity index (χ4v) is 4.34. The molecule has 0 aliphatic carbocycles. The zero-order valence-corrected chi connectivity index (χ0v) is 13.9.